The van der Waals surface area contributed by atoms with Crippen LogP contribution in [0.4, 0.5) is 13.2 Å². The van der Waals surface area contributed by atoms with Crippen molar-refractivity contribution < 1.29 is 32.1 Å². The molecular formula is C20H23F3O4. The summed E-state index contributed by atoms with van der Waals surface area (Å²) in [4.78, 5) is 0. The summed E-state index contributed by atoms with van der Waals surface area (Å²) in [6, 6.07) is 6.63. The number of alkyl halides is 3. The summed E-state index contributed by atoms with van der Waals surface area (Å²) in [5.74, 6) is 3.89. The van der Waals surface area contributed by atoms with E-state index in [1.165, 1.54) is 0 Å². The molecule has 3 fully saturated rings. The lowest BCUT2D eigenvalue weighted by molar-refractivity contribution is -0.524. The second-order valence-electron chi connectivity index (χ2n) is 6.95. The van der Waals surface area contributed by atoms with Crippen LogP contribution in [-0.2, 0) is 24.9 Å². The lowest BCUT2D eigenvalue weighted by Gasteiger charge is -2.56. The quantitative estimate of drug-likeness (QED) is 0.720. The van der Waals surface area contributed by atoms with E-state index in [0.717, 1.165) is 6.42 Å². The van der Waals surface area contributed by atoms with Gasteiger partial charge in [-0.25, -0.2) is 0 Å². The zero-order valence-electron chi connectivity index (χ0n) is 15.4. The second-order valence-corrected chi connectivity index (χ2v) is 6.95. The molecule has 0 N–H and O–H groups in total. The molecular weight excluding hydrogens is 361 g/mol. The van der Waals surface area contributed by atoms with Crippen LogP contribution in [-0.4, -0.2) is 39.2 Å². The van der Waals surface area contributed by atoms with Crippen molar-refractivity contribution in [1.82, 2.24) is 0 Å². The average molecular weight is 384 g/mol. The predicted octanol–water partition coefficient (Wildman–Crippen LogP) is 3.98. The minimum Gasteiger partial charge on any atom is -0.372 e. The fourth-order valence-corrected chi connectivity index (χ4v) is 3.48. The van der Waals surface area contributed by atoms with E-state index in [0.29, 0.717) is 30.6 Å². The van der Waals surface area contributed by atoms with Gasteiger partial charge in [0.15, 0.2) is 6.10 Å². The minimum atomic E-state index is -4.49. The molecule has 0 spiro atoms. The number of methoxy groups -OCH3 is 1. The fourth-order valence-electron chi connectivity index (χ4n) is 3.48. The van der Waals surface area contributed by atoms with Crippen LogP contribution in [0.2, 0.25) is 0 Å². The van der Waals surface area contributed by atoms with Crippen molar-refractivity contribution in [3.8, 4) is 11.8 Å². The van der Waals surface area contributed by atoms with Gasteiger partial charge in [0.1, 0.15) is 6.61 Å². The van der Waals surface area contributed by atoms with E-state index in [1.54, 1.807) is 31.4 Å². The maximum Gasteiger partial charge on any atom is 0.415 e. The summed E-state index contributed by atoms with van der Waals surface area (Å²) < 4.78 is 62.9. The normalized spacial score (nSPS) is 30.0. The Hall–Kier alpha value is -1.59. The topological polar surface area (TPSA) is 36.9 Å². The van der Waals surface area contributed by atoms with Crippen molar-refractivity contribution in [2.75, 3.05) is 26.9 Å². The van der Waals surface area contributed by atoms with Crippen LogP contribution >= 0.6 is 0 Å². The number of hydrogen-bond donors (Lipinski definition) is 0. The maximum atomic E-state index is 13.7. The maximum absolute atomic E-state index is 13.7. The van der Waals surface area contributed by atoms with Gasteiger partial charge in [-0.1, -0.05) is 31.6 Å². The highest BCUT2D eigenvalue weighted by atomic mass is 19.4. The Kier molecular flexibility index (Phi) is 5.82. The number of halogens is 3. The molecule has 3 saturated heterocycles. The molecule has 1 aromatic rings. The summed E-state index contributed by atoms with van der Waals surface area (Å²) in [7, 11) is 1.55. The van der Waals surface area contributed by atoms with Crippen molar-refractivity contribution >= 4 is 0 Å². The first-order valence-corrected chi connectivity index (χ1v) is 8.96. The lowest BCUT2D eigenvalue weighted by Crippen LogP contribution is -2.66. The van der Waals surface area contributed by atoms with Gasteiger partial charge < -0.3 is 18.9 Å². The van der Waals surface area contributed by atoms with Gasteiger partial charge >= 0.3 is 12.1 Å². The number of rotatable bonds is 5. The van der Waals surface area contributed by atoms with Gasteiger partial charge in [-0.2, -0.15) is 13.2 Å². The van der Waals surface area contributed by atoms with Gasteiger partial charge in [0, 0.05) is 18.2 Å². The standard InChI is InChI=1S/C20H23F3O4/c1-3-4-11-18-13-25-20(26-14-18,27-17(18)19(21,22)23)16-9-7-15(8-10-16)6-5-12-24-2/h7-10,17H,3-4,11-14H2,1-2H3. The van der Waals surface area contributed by atoms with Crippen molar-refractivity contribution in [3.63, 3.8) is 0 Å². The molecule has 3 aliphatic rings. The van der Waals surface area contributed by atoms with E-state index < -0.39 is 23.7 Å². The minimum absolute atomic E-state index is 0.0490. The summed E-state index contributed by atoms with van der Waals surface area (Å²) >= 11 is 0. The molecule has 7 heteroatoms. The zero-order valence-corrected chi connectivity index (χ0v) is 15.4. The Morgan fingerprint density at radius 2 is 1.85 bits per heavy atom. The van der Waals surface area contributed by atoms with E-state index in [2.05, 4.69) is 11.8 Å². The largest absolute Gasteiger partial charge is 0.415 e. The van der Waals surface area contributed by atoms with Gasteiger partial charge in [-0.15, -0.1) is 0 Å². The van der Waals surface area contributed by atoms with Crippen LogP contribution < -0.4 is 0 Å². The van der Waals surface area contributed by atoms with E-state index in [4.69, 9.17) is 18.9 Å². The Bertz CT molecular complexity index is 695. The Morgan fingerprint density at radius 3 is 2.41 bits per heavy atom. The molecule has 2 bridgehead atoms. The molecule has 4 rings (SSSR count). The summed E-state index contributed by atoms with van der Waals surface area (Å²) in [6.45, 7) is 2.14. The lowest BCUT2D eigenvalue weighted by atomic mass is 9.76. The van der Waals surface area contributed by atoms with E-state index in [1.807, 2.05) is 6.92 Å². The third-order valence-electron chi connectivity index (χ3n) is 4.94. The number of benzene rings is 1. The molecule has 0 aromatic heterocycles. The molecule has 148 valence electrons. The van der Waals surface area contributed by atoms with Gasteiger partial charge in [0.2, 0.25) is 0 Å². The highest BCUT2D eigenvalue weighted by Gasteiger charge is 2.66. The smallest absolute Gasteiger partial charge is 0.372 e. The van der Waals surface area contributed by atoms with Gasteiger partial charge in [-0.05, 0) is 30.7 Å². The molecule has 1 aromatic carbocycles. The predicted molar refractivity (Wildman–Crippen MR) is 91.7 cm³/mol. The first-order valence-electron chi connectivity index (χ1n) is 8.96. The van der Waals surface area contributed by atoms with Gasteiger partial charge in [-0.3, -0.25) is 0 Å². The summed E-state index contributed by atoms with van der Waals surface area (Å²) in [5, 5.41) is 0. The zero-order chi connectivity index (χ0) is 19.5. The Balaban J connectivity index is 1.84. The molecule has 0 saturated carbocycles. The number of fused-ring (bicyclic) bond motifs is 3. The monoisotopic (exact) mass is 384 g/mol. The first kappa shape index (κ1) is 20.2. The second kappa shape index (κ2) is 7.80. The molecule has 3 aliphatic heterocycles. The third kappa shape index (κ3) is 3.99. The molecule has 0 amide bonds. The third-order valence-corrected chi connectivity index (χ3v) is 4.94. The SMILES string of the molecule is CCCCC12COC(c3ccc(C#CCOC)cc3)(OC1)OC2C(F)(F)F. The van der Waals surface area contributed by atoms with Crippen LogP contribution in [0, 0.1) is 17.3 Å². The summed E-state index contributed by atoms with van der Waals surface area (Å²) in [6.07, 6.45) is -4.61. The highest BCUT2D eigenvalue weighted by molar-refractivity contribution is 5.37. The van der Waals surface area contributed by atoms with Crippen molar-refractivity contribution in [2.24, 2.45) is 5.41 Å². The Labute approximate surface area is 156 Å². The molecule has 4 nitrogen and oxygen atoms in total. The Morgan fingerprint density at radius 1 is 1.19 bits per heavy atom. The van der Waals surface area contributed by atoms with Crippen molar-refractivity contribution in [1.29, 1.82) is 0 Å². The first-order chi connectivity index (χ1) is 12.9. The molecule has 0 radical (unpaired) electrons. The number of unbranched alkanes of at least 4 members (excludes halogenated alkanes) is 1. The van der Waals surface area contributed by atoms with Crippen LogP contribution in [0.1, 0.15) is 37.3 Å². The van der Waals surface area contributed by atoms with Crippen LogP contribution in [0.25, 0.3) is 0 Å². The van der Waals surface area contributed by atoms with E-state index in [9.17, 15) is 13.2 Å². The van der Waals surface area contributed by atoms with Gasteiger partial charge in [0.05, 0.1) is 18.6 Å². The number of hydrogen-bond acceptors (Lipinski definition) is 4. The fraction of sp³-hybridized carbons (Fsp3) is 0.600. The van der Waals surface area contributed by atoms with Crippen molar-refractivity contribution in [2.45, 2.75) is 44.4 Å². The molecule has 1 unspecified atom stereocenters. The van der Waals surface area contributed by atoms with Gasteiger partial charge in [0.25, 0.3) is 0 Å². The van der Waals surface area contributed by atoms with Crippen LogP contribution in [0.15, 0.2) is 24.3 Å². The number of ether oxygens (including phenoxy) is 4. The molecule has 1 atom stereocenters. The summed E-state index contributed by atoms with van der Waals surface area (Å²) in [5.41, 5.74) is -0.0944. The average Bonchev–Trinajstić information content (AvgIpc) is 2.67. The highest BCUT2D eigenvalue weighted by Crippen LogP contribution is 2.54. The van der Waals surface area contributed by atoms with Crippen molar-refractivity contribution in [3.05, 3.63) is 35.4 Å². The van der Waals surface area contributed by atoms with E-state index in [-0.39, 0.29) is 13.2 Å². The van der Waals surface area contributed by atoms with Crippen LogP contribution in [0.3, 0.4) is 0 Å². The molecule has 3 heterocycles. The molecule has 27 heavy (non-hydrogen) atoms. The molecule has 0 aliphatic carbocycles. The van der Waals surface area contributed by atoms with E-state index >= 15 is 0 Å². The van der Waals surface area contributed by atoms with Crippen LogP contribution in [0.5, 0.6) is 0 Å².